The summed E-state index contributed by atoms with van der Waals surface area (Å²) in [5, 5.41) is 2.85. The van der Waals surface area contributed by atoms with Gasteiger partial charge in [-0.25, -0.2) is 4.79 Å². The molecule has 0 aromatic rings. The molecule has 0 aromatic carbocycles. The molecule has 0 radical (unpaired) electrons. The van der Waals surface area contributed by atoms with Crippen LogP contribution >= 0.6 is 0 Å². The van der Waals surface area contributed by atoms with Gasteiger partial charge >= 0.3 is 6.03 Å². The number of hydrogen-bond donors (Lipinski definition) is 2. The highest BCUT2D eigenvalue weighted by Crippen LogP contribution is 1.92. The number of rotatable bonds is 5. The van der Waals surface area contributed by atoms with Gasteiger partial charge in [0.2, 0.25) is 0 Å². The maximum atomic E-state index is 11.5. The number of amides is 2. The van der Waals surface area contributed by atoms with Gasteiger partial charge in [-0.3, -0.25) is 0 Å². The molecule has 0 atom stereocenters. The molecular weight excluding hydrogens is 166 g/mol. The standard InChI is InChI=1S/C9H21N3O/c1-4-12(7-5-6-10)9(13)11-8(2)3/h8H,4-7,10H2,1-3H3,(H,11,13). The average molecular weight is 187 g/mol. The smallest absolute Gasteiger partial charge is 0.317 e. The van der Waals surface area contributed by atoms with Crippen molar-refractivity contribution >= 4 is 6.03 Å². The van der Waals surface area contributed by atoms with Gasteiger partial charge in [0, 0.05) is 19.1 Å². The Morgan fingerprint density at radius 2 is 2.15 bits per heavy atom. The summed E-state index contributed by atoms with van der Waals surface area (Å²) < 4.78 is 0. The Bertz CT molecular complexity index is 148. The Morgan fingerprint density at radius 1 is 1.54 bits per heavy atom. The van der Waals surface area contributed by atoms with Gasteiger partial charge in [-0.2, -0.15) is 0 Å². The molecule has 0 aromatic heterocycles. The first-order chi connectivity index (χ1) is 6.11. The number of nitrogens with two attached hydrogens (primary N) is 1. The van der Waals surface area contributed by atoms with E-state index in [2.05, 4.69) is 5.32 Å². The lowest BCUT2D eigenvalue weighted by atomic mass is 10.3. The SMILES string of the molecule is CCN(CCCN)C(=O)NC(C)C. The van der Waals surface area contributed by atoms with Gasteiger partial charge in [0.25, 0.3) is 0 Å². The van der Waals surface area contributed by atoms with Gasteiger partial charge in [-0.05, 0) is 33.7 Å². The van der Waals surface area contributed by atoms with E-state index in [1.165, 1.54) is 0 Å². The topological polar surface area (TPSA) is 58.4 Å². The van der Waals surface area contributed by atoms with Crippen LogP contribution in [0.1, 0.15) is 27.2 Å². The molecule has 0 rings (SSSR count). The number of carbonyl (C=O) groups is 1. The van der Waals surface area contributed by atoms with Crippen LogP contribution in [0.4, 0.5) is 4.79 Å². The van der Waals surface area contributed by atoms with Gasteiger partial charge < -0.3 is 16.0 Å². The fourth-order valence-corrected chi connectivity index (χ4v) is 1.02. The molecule has 0 heterocycles. The van der Waals surface area contributed by atoms with Crippen molar-refractivity contribution in [2.75, 3.05) is 19.6 Å². The third-order valence-corrected chi connectivity index (χ3v) is 1.71. The summed E-state index contributed by atoms with van der Waals surface area (Å²) in [5.74, 6) is 0. The molecule has 0 aliphatic carbocycles. The van der Waals surface area contributed by atoms with Crippen molar-refractivity contribution in [1.29, 1.82) is 0 Å². The second-order valence-electron chi connectivity index (χ2n) is 3.33. The van der Waals surface area contributed by atoms with Crippen molar-refractivity contribution in [1.82, 2.24) is 10.2 Å². The number of carbonyl (C=O) groups excluding carboxylic acids is 1. The third-order valence-electron chi connectivity index (χ3n) is 1.71. The first-order valence-corrected chi connectivity index (χ1v) is 4.87. The first-order valence-electron chi connectivity index (χ1n) is 4.87. The highest BCUT2D eigenvalue weighted by molar-refractivity contribution is 5.74. The van der Waals surface area contributed by atoms with E-state index >= 15 is 0 Å². The average Bonchev–Trinajstić information content (AvgIpc) is 2.04. The quantitative estimate of drug-likeness (QED) is 0.668. The van der Waals surface area contributed by atoms with Crippen LogP contribution in [0.3, 0.4) is 0 Å². The zero-order chi connectivity index (χ0) is 10.3. The maximum Gasteiger partial charge on any atom is 0.317 e. The van der Waals surface area contributed by atoms with Gasteiger partial charge in [0.1, 0.15) is 0 Å². The van der Waals surface area contributed by atoms with Gasteiger partial charge in [0.05, 0.1) is 0 Å². The van der Waals surface area contributed by atoms with Gasteiger partial charge in [-0.15, -0.1) is 0 Å². The summed E-state index contributed by atoms with van der Waals surface area (Å²) >= 11 is 0. The summed E-state index contributed by atoms with van der Waals surface area (Å²) in [5.41, 5.74) is 5.37. The van der Waals surface area contributed by atoms with Crippen molar-refractivity contribution in [3.05, 3.63) is 0 Å². The van der Waals surface area contributed by atoms with E-state index in [4.69, 9.17) is 5.73 Å². The predicted molar refractivity (Wildman–Crippen MR) is 54.6 cm³/mol. The summed E-state index contributed by atoms with van der Waals surface area (Å²) in [6.07, 6.45) is 0.860. The van der Waals surface area contributed by atoms with Crippen molar-refractivity contribution in [2.45, 2.75) is 33.2 Å². The van der Waals surface area contributed by atoms with Crippen LogP contribution in [-0.2, 0) is 0 Å². The Morgan fingerprint density at radius 3 is 2.54 bits per heavy atom. The molecule has 13 heavy (non-hydrogen) atoms. The van der Waals surface area contributed by atoms with Crippen LogP contribution in [0, 0.1) is 0 Å². The van der Waals surface area contributed by atoms with Gasteiger partial charge in [0.15, 0.2) is 0 Å². The van der Waals surface area contributed by atoms with Crippen LogP contribution < -0.4 is 11.1 Å². The highest BCUT2D eigenvalue weighted by atomic mass is 16.2. The van der Waals surface area contributed by atoms with Crippen LogP contribution in [0.15, 0.2) is 0 Å². The van der Waals surface area contributed by atoms with Crippen LogP contribution in [0.25, 0.3) is 0 Å². The lowest BCUT2D eigenvalue weighted by molar-refractivity contribution is 0.197. The van der Waals surface area contributed by atoms with E-state index in [9.17, 15) is 4.79 Å². The largest absolute Gasteiger partial charge is 0.336 e. The van der Waals surface area contributed by atoms with Crippen molar-refractivity contribution in [3.63, 3.8) is 0 Å². The van der Waals surface area contributed by atoms with Crippen LogP contribution in [-0.4, -0.2) is 36.6 Å². The molecule has 4 nitrogen and oxygen atoms in total. The summed E-state index contributed by atoms with van der Waals surface area (Å²) in [7, 11) is 0. The van der Waals surface area contributed by atoms with Crippen LogP contribution in [0.2, 0.25) is 0 Å². The monoisotopic (exact) mass is 187 g/mol. The summed E-state index contributed by atoms with van der Waals surface area (Å²) in [6, 6.07) is 0.199. The molecule has 0 aliphatic rings. The number of nitrogens with zero attached hydrogens (tertiary/aromatic N) is 1. The molecule has 3 N–H and O–H groups in total. The fraction of sp³-hybridized carbons (Fsp3) is 0.889. The zero-order valence-electron chi connectivity index (χ0n) is 8.84. The Labute approximate surface area is 80.5 Å². The van der Waals surface area contributed by atoms with E-state index in [0.29, 0.717) is 6.54 Å². The van der Waals surface area contributed by atoms with Crippen molar-refractivity contribution in [3.8, 4) is 0 Å². The second kappa shape index (κ2) is 6.71. The van der Waals surface area contributed by atoms with E-state index in [1.54, 1.807) is 4.90 Å². The Hall–Kier alpha value is -0.770. The Balaban J connectivity index is 3.84. The number of hydrogen-bond acceptors (Lipinski definition) is 2. The molecule has 0 saturated carbocycles. The highest BCUT2D eigenvalue weighted by Gasteiger charge is 2.10. The minimum atomic E-state index is 0.00551. The van der Waals surface area contributed by atoms with Gasteiger partial charge in [-0.1, -0.05) is 0 Å². The molecule has 4 heteroatoms. The van der Waals surface area contributed by atoms with E-state index < -0.39 is 0 Å². The molecule has 0 aliphatic heterocycles. The molecule has 78 valence electrons. The van der Waals surface area contributed by atoms with E-state index in [-0.39, 0.29) is 12.1 Å². The number of urea groups is 1. The third kappa shape index (κ3) is 5.47. The minimum Gasteiger partial charge on any atom is -0.336 e. The molecule has 2 amide bonds. The molecule has 0 fully saturated rings. The lowest BCUT2D eigenvalue weighted by Crippen LogP contribution is -2.43. The molecule has 0 bridgehead atoms. The summed E-state index contributed by atoms with van der Waals surface area (Å²) in [6.45, 7) is 7.98. The molecule has 0 unspecified atom stereocenters. The van der Waals surface area contributed by atoms with E-state index in [1.807, 2.05) is 20.8 Å². The Kier molecular flexibility index (Phi) is 6.32. The fourth-order valence-electron chi connectivity index (χ4n) is 1.02. The summed E-state index contributed by atoms with van der Waals surface area (Å²) in [4.78, 5) is 13.2. The predicted octanol–water partition coefficient (Wildman–Crippen LogP) is 0.775. The molecule has 0 spiro atoms. The number of nitrogens with one attached hydrogen (secondary N) is 1. The van der Waals surface area contributed by atoms with E-state index in [0.717, 1.165) is 19.5 Å². The first kappa shape index (κ1) is 12.2. The lowest BCUT2D eigenvalue weighted by Gasteiger charge is -2.22. The molecular formula is C9H21N3O. The minimum absolute atomic E-state index is 0.00551. The van der Waals surface area contributed by atoms with Crippen molar-refractivity contribution < 1.29 is 4.79 Å². The normalized spacial score (nSPS) is 10.2. The molecule has 0 saturated heterocycles. The maximum absolute atomic E-state index is 11.5. The second-order valence-corrected chi connectivity index (χ2v) is 3.33. The zero-order valence-corrected chi connectivity index (χ0v) is 8.84. The van der Waals surface area contributed by atoms with Crippen LogP contribution in [0.5, 0.6) is 0 Å². The van der Waals surface area contributed by atoms with Crippen molar-refractivity contribution in [2.24, 2.45) is 5.73 Å².